The predicted octanol–water partition coefficient (Wildman–Crippen LogP) is 0.768. The van der Waals surface area contributed by atoms with Crippen LogP contribution in [0, 0.1) is 5.92 Å². The van der Waals surface area contributed by atoms with E-state index in [1.807, 2.05) is 12.5 Å². The van der Waals surface area contributed by atoms with Gasteiger partial charge in [0.25, 0.3) is 0 Å². The summed E-state index contributed by atoms with van der Waals surface area (Å²) < 4.78 is 6.86. The molecule has 1 aromatic heterocycles. The molecule has 94 valence electrons. The molecule has 0 spiro atoms. The summed E-state index contributed by atoms with van der Waals surface area (Å²) in [7, 11) is 1.47. The van der Waals surface area contributed by atoms with Gasteiger partial charge in [-0.25, -0.2) is 4.98 Å². The lowest BCUT2D eigenvalue weighted by Gasteiger charge is -2.31. The molecule has 5 heteroatoms. The molecule has 2 heterocycles. The van der Waals surface area contributed by atoms with E-state index in [4.69, 9.17) is 4.74 Å². The summed E-state index contributed by atoms with van der Waals surface area (Å²) in [5.74, 6) is -0.0196. The number of hydrogen-bond donors (Lipinski definition) is 0. The lowest BCUT2D eigenvalue weighted by molar-refractivity contribution is -0.147. The number of methoxy groups -OCH3 is 1. The second kappa shape index (κ2) is 5.82. The third-order valence-electron chi connectivity index (χ3n) is 3.27. The van der Waals surface area contributed by atoms with Crippen molar-refractivity contribution in [3.63, 3.8) is 0 Å². The zero-order chi connectivity index (χ0) is 12.1. The number of carbonyl (C=O) groups is 1. The first-order chi connectivity index (χ1) is 8.29. The largest absolute Gasteiger partial charge is 0.469 e. The van der Waals surface area contributed by atoms with Crippen LogP contribution >= 0.6 is 0 Å². The Labute approximate surface area is 101 Å². The standard InChI is InChI=1S/C12H19N3O2/c1-17-12(16)11-3-2-5-14(9-11)7-8-15-6-4-13-10-15/h4,6,10-11H,2-3,5,7-9H2,1H3/t11-/m0/s1. The number of imidazole rings is 1. The van der Waals surface area contributed by atoms with E-state index in [1.54, 1.807) is 6.20 Å². The quantitative estimate of drug-likeness (QED) is 0.726. The fourth-order valence-electron chi connectivity index (χ4n) is 2.29. The van der Waals surface area contributed by atoms with Crippen LogP contribution in [0.3, 0.4) is 0 Å². The Balaban J connectivity index is 1.79. The minimum absolute atomic E-state index is 0.0523. The molecule has 1 atom stereocenters. The third-order valence-corrected chi connectivity index (χ3v) is 3.27. The number of esters is 1. The van der Waals surface area contributed by atoms with Gasteiger partial charge in [-0.15, -0.1) is 0 Å². The van der Waals surface area contributed by atoms with Gasteiger partial charge in [0.05, 0.1) is 19.4 Å². The molecule has 1 fully saturated rings. The van der Waals surface area contributed by atoms with E-state index < -0.39 is 0 Å². The molecular weight excluding hydrogens is 218 g/mol. The summed E-state index contributed by atoms with van der Waals surface area (Å²) in [6, 6.07) is 0. The highest BCUT2D eigenvalue weighted by Gasteiger charge is 2.25. The molecule has 0 amide bonds. The van der Waals surface area contributed by atoms with Crippen LogP contribution in [0.15, 0.2) is 18.7 Å². The van der Waals surface area contributed by atoms with E-state index in [2.05, 4.69) is 14.5 Å². The highest BCUT2D eigenvalue weighted by atomic mass is 16.5. The summed E-state index contributed by atoms with van der Waals surface area (Å²) in [5.41, 5.74) is 0. The van der Waals surface area contributed by atoms with Gasteiger partial charge >= 0.3 is 5.97 Å². The van der Waals surface area contributed by atoms with E-state index >= 15 is 0 Å². The monoisotopic (exact) mass is 237 g/mol. The molecule has 5 nitrogen and oxygen atoms in total. The third kappa shape index (κ3) is 3.30. The molecule has 2 rings (SSSR count). The van der Waals surface area contributed by atoms with Crippen LogP contribution in [-0.4, -0.2) is 47.2 Å². The lowest BCUT2D eigenvalue weighted by Crippen LogP contribution is -2.40. The predicted molar refractivity (Wildman–Crippen MR) is 63.4 cm³/mol. The van der Waals surface area contributed by atoms with Gasteiger partial charge in [-0.05, 0) is 19.4 Å². The molecule has 0 unspecified atom stereocenters. The van der Waals surface area contributed by atoms with Crippen molar-refractivity contribution in [2.24, 2.45) is 5.92 Å². The van der Waals surface area contributed by atoms with Crippen molar-refractivity contribution in [2.45, 2.75) is 19.4 Å². The number of piperidine rings is 1. The van der Waals surface area contributed by atoms with Crippen molar-refractivity contribution in [1.82, 2.24) is 14.5 Å². The van der Waals surface area contributed by atoms with Gasteiger partial charge in [0, 0.05) is 32.0 Å². The summed E-state index contributed by atoms with van der Waals surface area (Å²) in [5, 5.41) is 0. The molecule has 1 aromatic rings. The average molecular weight is 237 g/mol. The van der Waals surface area contributed by atoms with Crippen LogP contribution in [-0.2, 0) is 16.1 Å². The Morgan fingerprint density at radius 2 is 2.41 bits per heavy atom. The maximum Gasteiger partial charge on any atom is 0.309 e. The zero-order valence-electron chi connectivity index (χ0n) is 10.2. The Hall–Kier alpha value is -1.36. The molecule has 0 radical (unpaired) electrons. The second-order valence-corrected chi connectivity index (χ2v) is 4.46. The fraction of sp³-hybridized carbons (Fsp3) is 0.667. The van der Waals surface area contributed by atoms with E-state index in [0.717, 1.165) is 39.0 Å². The summed E-state index contributed by atoms with van der Waals surface area (Å²) >= 11 is 0. The van der Waals surface area contributed by atoms with E-state index in [9.17, 15) is 4.79 Å². The van der Waals surface area contributed by atoms with Crippen LogP contribution in [0.1, 0.15) is 12.8 Å². The summed E-state index contributed by atoms with van der Waals surface area (Å²) in [6.45, 7) is 3.78. The van der Waals surface area contributed by atoms with Crippen LogP contribution in [0.25, 0.3) is 0 Å². The first kappa shape index (κ1) is 12.1. The molecule has 0 saturated carbocycles. The van der Waals surface area contributed by atoms with Crippen molar-refractivity contribution >= 4 is 5.97 Å². The first-order valence-corrected chi connectivity index (χ1v) is 6.05. The summed E-state index contributed by atoms with van der Waals surface area (Å²) in [4.78, 5) is 17.8. The van der Waals surface area contributed by atoms with Crippen LogP contribution < -0.4 is 0 Å². The highest BCUT2D eigenvalue weighted by molar-refractivity contribution is 5.72. The maximum atomic E-state index is 11.5. The number of likely N-dealkylation sites (tertiary alicyclic amines) is 1. The Kier molecular flexibility index (Phi) is 4.14. The van der Waals surface area contributed by atoms with E-state index in [-0.39, 0.29) is 11.9 Å². The number of ether oxygens (including phenoxy) is 1. The molecule has 0 aromatic carbocycles. The van der Waals surface area contributed by atoms with Gasteiger partial charge in [-0.1, -0.05) is 0 Å². The SMILES string of the molecule is COC(=O)[C@H]1CCCN(CCn2ccnc2)C1. The Morgan fingerprint density at radius 1 is 1.53 bits per heavy atom. The van der Waals surface area contributed by atoms with E-state index in [1.165, 1.54) is 7.11 Å². The molecule has 0 aliphatic carbocycles. The number of aromatic nitrogens is 2. The maximum absolute atomic E-state index is 11.5. The van der Waals surface area contributed by atoms with Crippen molar-refractivity contribution in [3.05, 3.63) is 18.7 Å². The summed E-state index contributed by atoms with van der Waals surface area (Å²) in [6.07, 6.45) is 7.59. The first-order valence-electron chi connectivity index (χ1n) is 6.05. The fourth-order valence-corrected chi connectivity index (χ4v) is 2.29. The smallest absolute Gasteiger partial charge is 0.309 e. The Morgan fingerprint density at radius 3 is 3.12 bits per heavy atom. The van der Waals surface area contributed by atoms with Crippen molar-refractivity contribution < 1.29 is 9.53 Å². The molecule has 1 aliphatic heterocycles. The normalized spacial score (nSPS) is 21.4. The van der Waals surface area contributed by atoms with Gasteiger partial charge in [0.15, 0.2) is 0 Å². The van der Waals surface area contributed by atoms with Gasteiger partial charge in [0.2, 0.25) is 0 Å². The molecule has 0 bridgehead atoms. The van der Waals surface area contributed by atoms with Crippen molar-refractivity contribution in [3.8, 4) is 0 Å². The van der Waals surface area contributed by atoms with Gasteiger partial charge in [0.1, 0.15) is 0 Å². The van der Waals surface area contributed by atoms with Gasteiger partial charge in [-0.2, -0.15) is 0 Å². The molecule has 1 aliphatic rings. The Bertz CT molecular complexity index is 351. The minimum Gasteiger partial charge on any atom is -0.469 e. The average Bonchev–Trinajstić information content (AvgIpc) is 2.89. The van der Waals surface area contributed by atoms with Gasteiger partial charge in [-0.3, -0.25) is 4.79 Å². The van der Waals surface area contributed by atoms with Crippen molar-refractivity contribution in [2.75, 3.05) is 26.7 Å². The molecule has 1 saturated heterocycles. The second-order valence-electron chi connectivity index (χ2n) is 4.46. The zero-order valence-corrected chi connectivity index (χ0v) is 10.2. The van der Waals surface area contributed by atoms with Gasteiger partial charge < -0.3 is 14.2 Å². The molecule has 17 heavy (non-hydrogen) atoms. The lowest BCUT2D eigenvalue weighted by atomic mass is 9.98. The molecule has 0 N–H and O–H groups in total. The number of carbonyl (C=O) groups excluding carboxylic acids is 1. The van der Waals surface area contributed by atoms with Crippen LogP contribution in [0.5, 0.6) is 0 Å². The number of nitrogens with zero attached hydrogens (tertiary/aromatic N) is 3. The highest BCUT2D eigenvalue weighted by Crippen LogP contribution is 2.17. The number of hydrogen-bond acceptors (Lipinski definition) is 4. The van der Waals surface area contributed by atoms with Crippen LogP contribution in [0.4, 0.5) is 0 Å². The number of rotatable bonds is 4. The van der Waals surface area contributed by atoms with E-state index in [0.29, 0.717) is 0 Å². The topological polar surface area (TPSA) is 47.4 Å². The minimum atomic E-state index is -0.0719. The molecular formula is C12H19N3O2. The van der Waals surface area contributed by atoms with Crippen LogP contribution in [0.2, 0.25) is 0 Å². The van der Waals surface area contributed by atoms with Crippen molar-refractivity contribution in [1.29, 1.82) is 0 Å².